The van der Waals surface area contributed by atoms with Gasteiger partial charge in [-0.15, -0.1) is 0 Å². The van der Waals surface area contributed by atoms with Crippen molar-refractivity contribution in [1.82, 2.24) is 4.90 Å². The Kier molecular flexibility index (Phi) is 3.33. The third-order valence-electron chi connectivity index (χ3n) is 4.60. The molecule has 1 fully saturated rings. The minimum Gasteiger partial charge on any atom is -0.349 e. The van der Waals surface area contributed by atoms with Crippen molar-refractivity contribution in [2.75, 3.05) is 4.90 Å². The standard InChI is InChI=1S/C18H24N2/c1-13(2)18-15(4)20(16-10-6-5-9-14(16)3)17-11-7-8-12-19(17)18/h5-13,15,17-18H,1-4H3/t15-,17?,18?/m0/s1. The molecule has 2 aliphatic rings. The molecule has 2 unspecified atom stereocenters. The van der Waals surface area contributed by atoms with E-state index in [1.54, 1.807) is 0 Å². The maximum Gasteiger partial charge on any atom is 0.121 e. The van der Waals surface area contributed by atoms with E-state index in [9.17, 15) is 0 Å². The molecule has 1 saturated heterocycles. The molecular formula is C18H24N2. The van der Waals surface area contributed by atoms with E-state index in [0.717, 1.165) is 0 Å². The molecule has 0 N–H and O–H groups in total. The van der Waals surface area contributed by atoms with Crippen LogP contribution in [0.25, 0.3) is 0 Å². The number of aryl methyl sites for hydroxylation is 1. The van der Waals surface area contributed by atoms with Crippen LogP contribution in [-0.2, 0) is 0 Å². The van der Waals surface area contributed by atoms with Gasteiger partial charge in [-0.05, 0) is 43.5 Å². The fraction of sp³-hybridized carbons (Fsp3) is 0.444. The molecule has 3 atom stereocenters. The zero-order chi connectivity index (χ0) is 14.3. The minimum atomic E-state index is 0.350. The topological polar surface area (TPSA) is 6.48 Å². The molecule has 0 spiro atoms. The molecule has 2 aliphatic heterocycles. The van der Waals surface area contributed by atoms with Crippen LogP contribution in [0, 0.1) is 12.8 Å². The van der Waals surface area contributed by atoms with Crippen LogP contribution in [-0.4, -0.2) is 23.1 Å². The molecule has 0 aliphatic carbocycles. The van der Waals surface area contributed by atoms with Crippen molar-refractivity contribution in [1.29, 1.82) is 0 Å². The minimum absolute atomic E-state index is 0.350. The van der Waals surface area contributed by atoms with Gasteiger partial charge in [-0.25, -0.2) is 0 Å². The number of para-hydroxylation sites is 1. The fourth-order valence-electron chi connectivity index (χ4n) is 3.78. The molecule has 2 nitrogen and oxygen atoms in total. The van der Waals surface area contributed by atoms with E-state index in [1.165, 1.54) is 11.3 Å². The monoisotopic (exact) mass is 268 g/mol. The Hall–Kier alpha value is -1.70. The largest absolute Gasteiger partial charge is 0.349 e. The lowest BCUT2D eigenvalue weighted by atomic mass is 9.97. The lowest BCUT2D eigenvalue weighted by Crippen LogP contribution is -2.38. The Labute approximate surface area is 122 Å². The summed E-state index contributed by atoms with van der Waals surface area (Å²) in [6.07, 6.45) is 9.24. The first-order valence-corrected chi connectivity index (χ1v) is 7.57. The van der Waals surface area contributed by atoms with Gasteiger partial charge in [0, 0.05) is 17.9 Å². The van der Waals surface area contributed by atoms with Crippen LogP contribution in [0.5, 0.6) is 0 Å². The van der Waals surface area contributed by atoms with Gasteiger partial charge >= 0.3 is 0 Å². The summed E-state index contributed by atoms with van der Waals surface area (Å²) in [7, 11) is 0. The first-order chi connectivity index (χ1) is 9.61. The number of hydrogen-bond donors (Lipinski definition) is 0. The normalized spacial score (nSPS) is 28.4. The van der Waals surface area contributed by atoms with E-state index in [1.807, 2.05) is 0 Å². The number of benzene rings is 1. The second kappa shape index (κ2) is 5.01. The molecule has 0 aromatic heterocycles. The SMILES string of the molecule is Cc1ccccc1N1C2C=CC=CN2C(C(C)C)[C@@H]1C. The molecule has 0 radical (unpaired) electrons. The highest BCUT2D eigenvalue weighted by Crippen LogP contribution is 2.38. The van der Waals surface area contributed by atoms with E-state index in [2.05, 4.69) is 86.2 Å². The lowest BCUT2D eigenvalue weighted by molar-refractivity contribution is 0.241. The zero-order valence-corrected chi connectivity index (χ0v) is 12.8. The van der Waals surface area contributed by atoms with Gasteiger partial charge in [-0.1, -0.05) is 38.1 Å². The van der Waals surface area contributed by atoms with Crippen molar-refractivity contribution in [2.24, 2.45) is 5.92 Å². The van der Waals surface area contributed by atoms with Gasteiger partial charge in [0.05, 0.1) is 6.04 Å². The van der Waals surface area contributed by atoms with Crippen LogP contribution in [0.4, 0.5) is 5.69 Å². The second-order valence-corrected chi connectivity index (χ2v) is 6.26. The van der Waals surface area contributed by atoms with Gasteiger partial charge in [0.15, 0.2) is 0 Å². The second-order valence-electron chi connectivity index (χ2n) is 6.26. The van der Waals surface area contributed by atoms with Crippen molar-refractivity contribution in [2.45, 2.75) is 45.9 Å². The average Bonchev–Trinajstić information content (AvgIpc) is 2.71. The van der Waals surface area contributed by atoms with E-state index in [-0.39, 0.29) is 0 Å². The molecular weight excluding hydrogens is 244 g/mol. The summed E-state index contributed by atoms with van der Waals surface area (Å²) in [5, 5.41) is 0. The highest BCUT2D eigenvalue weighted by Gasteiger charge is 2.44. The third-order valence-corrected chi connectivity index (χ3v) is 4.60. The third kappa shape index (κ3) is 1.94. The van der Waals surface area contributed by atoms with Gasteiger partial charge in [0.1, 0.15) is 6.17 Å². The van der Waals surface area contributed by atoms with Crippen molar-refractivity contribution in [3.8, 4) is 0 Å². The van der Waals surface area contributed by atoms with Gasteiger partial charge in [0.25, 0.3) is 0 Å². The quantitative estimate of drug-likeness (QED) is 0.801. The van der Waals surface area contributed by atoms with Crippen LogP contribution < -0.4 is 4.90 Å². The predicted molar refractivity (Wildman–Crippen MR) is 85.7 cm³/mol. The van der Waals surface area contributed by atoms with Gasteiger partial charge in [0.2, 0.25) is 0 Å². The summed E-state index contributed by atoms with van der Waals surface area (Å²) in [6, 6.07) is 9.78. The molecule has 2 heteroatoms. The molecule has 0 bridgehead atoms. The molecule has 106 valence electrons. The molecule has 1 aromatic rings. The highest BCUT2D eigenvalue weighted by atomic mass is 15.4. The number of anilines is 1. The van der Waals surface area contributed by atoms with Crippen molar-refractivity contribution >= 4 is 5.69 Å². The van der Waals surface area contributed by atoms with Gasteiger partial charge < -0.3 is 9.80 Å². The predicted octanol–water partition coefficient (Wildman–Crippen LogP) is 3.94. The number of hydrogen-bond acceptors (Lipinski definition) is 2. The van der Waals surface area contributed by atoms with Gasteiger partial charge in [-0.2, -0.15) is 0 Å². The molecule has 20 heavy (non-hydrogen) atoms. The summed E-state index contributed by atoms with van der Waals surface area (Å²) in [5.41, 5.74) is 2.71. The van der Waals surface area contributed by atoms with E-state index in [4.69, 9.17) is 0 Å². The van der Waals surface area contributed by atoms with Crippen molar-refractivity contribution < 1.29 is 0 Å². The number of allylic oxidation sites excluding steroid dienone is 2. The maximum atomic E-state index is 2.57. The first-order valence-electron chi connectivity index (χ1n) is 7.57. The van der Waals surface area contributed by atoms with Crippen LogP contribution in [0.2, 0.25) is 0 Å². The van der Waals surface area contributed by atoms with E-state index in [0.29, 0.717) is 24.2 Å². The molecule has 1 aromatic carbocycles. The molecule has 0 saturated carbocycles. The Bertz CT molecular complexity index is 544. The Morgan fingerprint density at radius 1 is 1.10 bits per heavy atom. The smallest absolute Gasteiger partial charge is 0.121 e. The Balaban J connectivity index is 2.05. The first kappa shape index (κ1) is 13.3. The summed E-state index contributed by atoms with van der Waals surface area (Å²) < 4.78 is 0. The van der Waals surface area contributed by atoms with Crippen LogP contribution in [0.3, 0.4) is 0 Å². The summed E-state index contributed by atoms with van der Waals surface area (Å²) in [5.74, 6) is 0.637. The average molecular weight is 268 g/mol. The summed E-state index contributed by atoms with van der Waals surface area (Å²) >= 11 is 0. The van der Waals surface area contributed by atoms with E-state index >= 15 is 0 Å². The summed E-state index contributed by atoms with van der Waals surface area (Å²) in [4.78, 5) is 5.09. The molecule has 0 amide bonds. The summed E-state index contributed by atoms with van der Waals surface area (Å²) in [6.45, 7) is 9.21. The molecule has 3 rings (SSSR count). The number of fused-ring (bicyclic) bond motifs is 1. The number of rotatable bonds is 2. The van der Waals surface area contributed by atoms with Crippen LogP contribution >= 0.6 is 0 Å². The lowest BCUT2D eigenvalue weighted by Gasteiger charge is -2.32. The maximum absolute atomic E-state index is 2.57. The van der Waals surface area contributed by atoms with Crippen LogP contribution in [0.15, 0.2) is 48.7 Å². The Morgan fingerprint density at radius 2 is 1.85 bits per heavy atom. The fourth-order valence-corrected chi connectivity index (χ4v) is 3.78. The van der Waals surface area contributed by atoms with Crippen LogP contribution in [0.1, 0.15) is 26.3 Å². The highest BCUT2D eigenvalue weighted by molar-refractivity contribution is 5.57. The van der Waals surface area contributed by atoms with E-state index < -0.39 is 0 Å². The Morgan fingerprint density at radius 3 is 2.55 bits per heavy atom. The zero-order valence-electron chi connectivity index (χ0n) is 12.8. The van der Waals surface area contributed by atoms with Crippen molar-refractivity contribution in [3.05, 3.63) is 54.3 Å². The molecule has 2 heterocycles. The van der Waals surface area contributed by atoms with Crippen molar-refractivity contribution in [3.63, 3.8) is 0 Å². The van der Waals surface area contributed by atoms with Gasteiger partial charge in [-0.3, -0.25) is 0 Å². The number of nitrogens with zero attached hydrogens (tertiary/aromatic N) is 2.